The van der Waals surface area contributed by atoms with Crippen LogP contribution in [-0.4, -0.2) is 43.7 Å². The number of methoxy groups -OCH3 is 3. The predicted molar refractivity (Wildman–Crippen MR) is 229 cm³/mol. The molecule has 2 aromatic carbocycles. The Kier molecular flexibility index (Phi) is 12.5. The molecule has 0 spiro atoms. The van der Waals surface area contributed by atoms with Crippen molar-refractivity contribution in [3.63, 3.8) is 0 Å². The molecule has 1 aromatic heterocycles. The summed E-state index contributed by atoms with van der Waals surface area (Å²) in [5.74, 6) is -0.0942. The van der Waals surface area contributed by atoms with Gasteiger partial charge >= 0.3 is 0 Å². The molecule has 276 valence electrons. The lowest BCUT2D eigenvalue weighted by Crippen LogP contribution is -2.14. The first-order valence-electron chi connectivity index (χ1n) is 15.4. The summed E-state index contributed by atoms with van der Waals surface area (Å²) in [4.78, 5) is 43.9. The van der Waals surface area contributed by atoms with Gasteiger partial charge in [-0.1, -0.05) is 0 Å². The second-order valence-electron chi connectivity index (χ2n) is 11.2. The van der Waals surface area contributed by atoms with E-state index in [1.54, 1.807) is 73.2 Å². The van der Waals surface area contributed by atoms with Gasteiger partial charge in [-0.05, 0) is 150 Å². The number of Topliss-reactive ketones (excluding diaryl/α,β-unsaturated/α-hetero) is 3. The number of aromatic nitrogens is 1. The molecule has 0 atom stereocenters. The van der Waals surface area contributed by atoms with Crippen LogP contribution in [0.1, 0.15) is 0 Å². The van der Waals surface area contributed by atoms with Gasteiger partial charge in [0, 0.05) is 68.1 Å². The van der Waals surface area contributed by atoms with Gasteiger partial charge in [-0.3, -0.25) is 14.4 Å². The molecule has 0 aliphatic heterocycles. The number of carbonyl (C=O) groups is 3. The number of ether oxygens (including phenoxy) is 3. The summed E-state index contributed by atoms with van der Waals surface area (Å²) in [6.07, 6.45) is 9.48. The minimum Gasteiger partial charge on any atom is -0.493 e. The topological polar surface area (TPSA) is 141 Å². The van der Waals surface area contributed by atoms with Gasteiger partial charge in [0.2, 0.25) is 23.2 Å². The predicted octanol–water partition coefficient (Wildman–Crippen LogP) is 10.7. The summed E-state index contributed by atoms with van der Waals surface area (Å²) >= 11 is 20.8. The van der Waals surface area contributed by atoms with Crippen molar-refractivity contribution in [3.05, 3.63) is 134 Å². The van der Waals surface area contributed by atoms with Crippen molar-refractivity contribution in [2.45, 2.75) is 0 Å². The van der Waals surface area contributed by atoms with Crippen molar-refractivity contribution < 1.29 is 33.0 Å². The molecule has 17 heteroatoms. The van der Waals surface area contributed by atoms with Gasteiger partial charge in [0.25, 0.3) is 0 Å². The number of hydrogen-bond acceptors (Lipinski definition) is 11. The number of hydrogen-bond donors (Lipinski definition) is 3. The maximum Gasteiger partial charge on any atom is 0.230 e. The third-order valence-electron chi connectivity index (χ3n) is 7.89. The quantitative estimate of drug-likeness (QED) is 0.167. The van der Waals surface area contributed by atoms with Crippen LogP contribution in [0.3, 0.4) is 0 Å². The fraction of sp³-hybridized carbons (Fsp3) is 0.0811. The largest absolute Gasteiger partial charge is 0.493 e. The number of benzene rings is 2. The Morgan fingerprint density at radius 3 is 1.39 bits per heavy atom. The minimum atomic E-state index is -0.321. The Hall–Kier alpha value is -3.74. The number of carbonyl (C=O) groups excluding carboxylic acids is 3. The third-order valence-corrected chi connectivity index (χ3v) is 13.9. The summed E-state index contributed by atoms with van der Waals surface area (Å²) in [7, 11) is 4.29. The van der Waals surface area contributed by atoms with Gasteiger partial charge in [-0.15, -0.1) is 0 Å². The van der Waals surface area contributed by atoms with Crippen LogP contribution >= 0.6 is 95.6 Å². The number of fused-ring (bicyclic) bond motifs is 1. The van der Waals surface area contributed by atoms with Crippen molar-refractivity contribution in [2.24, 2.45) is 0 Å². The third kappa shape index (κ3) is 8.26. The summed E-state index contributed by atoms with van der Waals surface area (Å²) < 4.78 is 25.6. The molecule has 0 saturated carbocycles. The number of rotatable bonds is 10. The van der Waals surface area contributed by atoms with Crippen LogP contribution in [0.4, 0.5) is 17.1 Å². The Labute approximate surface area is 358 Å². The van der Waals surface area contributed by atoms with Crippen molar-refractivity contribution >= 4 is 141 Å². The lowest BCUT2D eigenvalue weighted by molar-refractivity contribution is -0.115. The number of ketones is 3. The molecular formula is C37H24Br6N4O7. The van der Waals surface area contributed by atoms with Crippen molar-refractivity contribution in [2.75, 3.05) is 37.3 Å². The Morgan fingerprint density at radius 2 is 0.981 bits per heavy atom. The molecule has 11 nitrogen and oxygen atoms in total. The SMILES string of the molecule is COC1=CC(Br)=C(Br)/C(=C\Nc2cc(N/C=C3\C(=O)C(OC)=CC(Br)=C3Br)cc(-c3nc4cc(N/C=C5\C(=O)C(OC)=CC(Br)=C5Br)ccc4o3)c2)C1=O. The number of oxazole rings is 1. The van der Waals surface area contributed by atoms with Crippen molar-refractivity contribution in [1.29, 1.82) is 0 Å². The average Bonchev–Trinajstić information content (AvgIpc) is 3.59. The molecule has 3 aromatic rings. The molecule has 0 unspecified atom stereocenters. The van der Waals surface area contributed by atoms with Crippen LogP contribution in [0.15, 0.2) is 139 Å². The van der Waals surface area contributed by atoms with Crippen LogP contribution < -0.4 is 16.0 Å². The van der Waals surface area contributed by atoms with Gasteiger partial charge in [-0.25, -0.2) is 4.98 Å². The van der Waals surface area contributed by atoms with E-state index in [9.17, 15) is 14.4 Å². The summed E-state index contributed by atoms with van der Waals surface area (Å²) in [6, 6.07) is 10.7. The van der Waals surface area contributed by atoms with E-state index in [0.717, 1.165) is 0 Å². The lowest BCUT2D eigenvalue weighted by atomic mass is 10.1. The van der Waals surface area contributed by atoms with Gasteiger partial charge in [-0.2, -0.15) is 0 Å². The van der Waals surface area contributed by atoms with E-state index < -0.39 is 0 Å². The highest BCUT2D eigenvalue weighted by atomic mass is 79.9. The highest BCUT2D eigenvalue weighted by Crippen LogP contribution is 2.38. The molecule has 0 fully saturated rings. The van der Waals surface area contributed by atoms with Gasteiger partial charge in [0.1, 0.15) is 5.52 Å². The van der Waals surface area contributed by atoms with E-state index in [-0.39, 0.29) is 34.6 Å². The average molecular weight is 1120 g/mol. The molecule has 0 amide bonds. The summed E-state index contributed by atoms with van der Waals surface area (Å²) in [6.45, 7) is 0. The molecule has 3 aliphatic rings. The molecule has 54 heavy (non-hydrogen) atoms. The van der Waals surface area contributed by atoms with Crippen LogP contribution in [-0.2, 0) is 28.6 Å². The van der Waals surface area contributed by atoms with Crippen LogP contribution in [0.5, 0.6) is 0 Å². The van der Waals surface area contributed by atoms with Crippen molar-refractivity contribution in [3.8, 4) is 11.5 Å². The zero-order chi connectivity index (χ0) is 38.8. The van der Waals surface area contributed by atoms with E-state index in [0.29, 0.717) is 83.2 Å². The first-order chi connectivity index (χ1) is 25.8. The molecule has 1 heterocycles. The van der Waals surface area contributed by atoms with Crippen LogP contribution in [0.25, 0.3) is 22.6 Å². The molecule has 0 saturated heterocycles. The van der Waals surface area contributed by atoms with Crippen molar-refractivity contribution in [1.82, 2.24) is 4.98 Å². The minimum absolute atomic E-state index is 0.169. The van der Waals surface area contributed by atoms with E-state index >= 15 is 0 Å². The standard InChI is InChI=1S/C37H24Br6N4O7/c1-51-28-10-23(38)31(41)20(34(28)48)13-44-17-4-5-27-26(9-17)47-37(54-27)16-6-18(45-14-21-32(42)24(39)11-29(52-2)35(21)49)8-19(7-16)46-15-22-33(43)25(40)12-30(53-3)36(22)50/h4-15,44-46H,1-3H3/b20-13-,21-14-,22-15+. The normalized spacial score (nSPS) is 18.8. The summed E-state index contributed by atoms with van der Waals surface area (Å²) in [5, 5.41) is 9.58. The van der Waals surface area contributed by atoms with E-state index in [1.807, 2.05) is 0 Å². The highest BCUT2D eigenvalue weighted by molar-refractivity contribution is 9.15. The second-order valence-corrected chi connectivity index (χ2v) is 16.2. The molecule has 6 rings (SSSR count). The Morgan fingerprint density at radius 1 is 0.574 bits per heavy atom. The zero-order valence-corrected chi connectivity index (χ0v) is 37.5. The van der Waals surface area contributed by atoms with Gasteiger partial charge < -0.3 is 34.6 Å². The molecule has 0 bridgehead atoms. The van der Waals surface area contributed by atoms with Crippen LogP contribution in [0, 0.1) is 0 Å². The number of nitrogens with one attached hydrogen (secondary N) is 3. The fourth-order valence-electron chi connectivity index (χ4n) is 5.18. The Balaban J connectivity index is 1.36. The smallest absolute Gasteiger partial charge is 0.230 e. The Bertz CT molecular complexity index is 2360. The number of halogens is 6. The lowest BCUT2D eigenvalue weighted by Gasteiger charge is -2.16. The molecular weight excluding hydrogens is 1090 g/mol. The molecule has 3 aliphatic carbocycles. The maximum absolute atomic E-state index is 13.1. The number of anilines is 3. The van der Waals surface area contributed by atoms with Gasteiger partial charge in [0.15, 0.2) is 22.9 Å². The fourth-order valence-corrected chi connectivity index (χ4v) is 7.67. The number of nitrogens with zero attached hydrogens (tertiary/aromatic N) is 1. The van der Waals surface area contributed by atoms with Crippen LogP contribution in [0.2, 0.25) is 0 Å². The molecule has 0 radical (unpaired) electrons. The number of allylic oxidation sites excluding steroid dienone is 12. The van der Waals surface area contributed by atoms with E-state index in [4.69, 9.17) is 23.6 Å². The first kappa shape index (κ1) is 39.9. The first-order valence-corrected chi connectivity index (χ1v) is 20.1. The summed E-state index contributed by atoms with van der Waals surface area (Å²) in [5.41, 5.74) is 4.42. The molecule has 3 N–H and O–H groups in total. The van der Waals surface area contributed by atoms with E-state index in [1.165, 1.54) is 21.3 Å². The van der Waals surface area contributed by atoms with E-state index in [2.05, 4.69) is 112 Å². The van der Waals surface area contributed by atoms with Gasteiger partial charge in [0.05, 0.1) is 38.0 Å². The maximum atomic E-state index is 13.1. The highest BCUT2D eigenvalue weighted by Gasteiger charge is 2.27. The monoisotopic (exact) mass is 1110 g/mol. The zero-order valence-electron chi connectivity index (χ0n) is 28.0. The second kappa shape index (κ2) is 17.0.